The molecule has 0 aromatic heterocycles. The zero-order chi connectivity index (χ0) is 18.7. The Bertz CT molecular complexity index is 527. The number of hydrogen-bond acceptors (Lipinski definition) is 5. The predicted octanol–water partition coefficient (Wildman–Crippen LogP) is 4.36. The summed E-state index contributed by atoms with van der Waals surface area (Å²) in [5, 5.41) is 0. The largest absolute Gasteiger partial charge is 0.495 e. The molecule has 2 N–H and O–H groups in total. The van der Waals surface area contributed by atoms with Crippen molar-refractivity contribution in [3.8, 4) is 0 Å². The maximum absolute atomic E-state index is 14.6. The van der Waals surface area contributed by atoms with E-state index in [1.165, 1.54) is 6.20 Å². The number of allylic oxidation sites excluding steroid dienone is 2. The fourth-order valence-corrected chi connectivity index (χ4v) is 2.42. The third-order valence-corrected chi connectivity index (χ3v) is 4.04. The van der Waals surface area contributed by atoms with Crippen LogP contribution in [0.1, 0.15) is 53.4 Å². The highest BCUT2D eigenvalue weighted by atomic mass is 19.1. The highest BCUT2D eigenvalue weighted by molar-refractivity contribution is 5.99. The fourth-order valence-electron chi connectivity index (χ4n) is 2.42. The first-order chi connectivity index (χ1) is 12.0. The topological polar surface area (TPSA) is 69.2 Å². The van der Waals surface area contributed by atoms with Crippen LogP contribution in [-0.2, 0) is 9.47 Å². The molecular formula is C19H32FN3O2. The third kappa shape index (κ3) is 8.29. The van der Waals surface area contributed by atoms with E-state index in [1.807, 2.05) is 0 Å². The number of nitrogens with zero attached hydrogens (tertiary/aromatic N) is 2. The Morgan fingerprint density at radius 3 is 2.84 bits per heavy atom. The molecule has 0 saturated heterocycles. The van der Waals surface area contributed by atoms with Crippen LogP contribution in [0.3, 0.4) is 0 Å². The first-order valence-electron chi connectivity index (χ1n) is 9.07. The van der Waals surface area contributed by atoms with Gasteiger partial charge in [-0.15, -0.1) is 0 Å². The van der Waals surface area contributed by atoms with Gasteiger partial charge < -0.3 is 15.2 Å². The van der Waals surface area contributed by atoms with Crippen molar-refractivity contribution in [2.75, 3.05) is 19.8 Å². The van der Waals surface area contributed by atoms with Gasteiger partial charge in [0.1, 0.15) is 17.4 Å². The van der Waals surface area contributed by atoms with Gasteiger partial charge in [-0.1, -0.05) is 20.8 Å². The van der Waals surface area contributed by atoms with Gasteiger partial charge in [-0.3, -0.25) is 4.99 Å². The van der Waals surface area contributed by atoms with Crippen molar-refractivity contribution in [2.24, 2.45) is 27.6 Å². The smallest absolute Gasteiger partial charge is 0.146 e. The molecule has 25 heavy (non-hydrogen) atoms. The van der Waals surface area contributed by atoms with Gasteiger partial charge in [0.15, 0.2) is 0 Å². The molecule has 0 saturated carbocycles. The molecule has 5 nitrogen and oxygen atoms in total. The lowest BCUT2D eigenvalue weighted by Crippen LogP contribution is -2.14. The fraction of sp³-hybridized carbons (Fsp3) is 0.684. The normalized spacial score (nSPS) is 18.0. The molecular weight excluding hydrogens is 321 g/mol. The molecule has 0 fully saturated rings. The minimum atomic E-state index is -0.452. The predicted molar refractivity (Wildman–Crippen MR) is 101 cm³/mol. The van der Waals surface area contributed by atoms with Gasteiger partial charge in [-0.2, -0.15) is 0 Å². The maximum atomic E-state index is 14.6. The van der Waals surface area contributed by atoms with Crippen LogP contribution >= 0.6 is 0 Å². The van der Waals surface area contributed by atoms with Gasteiger partial charge in [-0.25, -0.2) is 9.38 Å². The summed E-state index contributed by atoms with van der Waals surface area (Å²) < 4.78 is 25.7. The van der Waals surface area contributed by atoms with E-state index in [4.69, 9.17) is 15.2 Å². The number of hydrogen-bond donors (Lipinski definition) is 1. The molecule has 1 rings (SSSR count). The molecule has 2 atom stereocenters. The van der Waals surface area contributed by atoms with E-state index in [9.17, 15) is 4.39 Å². The van der Waals surface area contributed by atoms with E-state index in [1.54, 1.807) is 20.1 Å². The van der Waals surface area contributed by atoms with Crippen LogP contribution in [0, 0.1) is 11.8 Å². The van der Waals surface area contributed by atoms with Crippen molar-refractivity contribution in [1.82, 2.24) is 0 Å². The molecule has 1 unspecified atom stereocenters. The van der Waals surface area contributed by atoms with Crippen molar-refractivity contribution in [2.45, 2.75) is 53.4 Å². The number of rotatable bonds is 11. The summed E-state index contributed by atoms with van der Waals surface area (Å²) in [5.74, 6) is 0.262. The summed E-state index contributed by atoms with van der Waals surface area (Å²) in [7, 11) is 0. The lowest BCUT2D eigenvalue weighted by molar-refractivity contribution is 0.117. The Morgan fingerprint density at radius 2 is 2.12 bits per heavy atom. The number of aliphatic imine (C=N–C) groups is 2. The van der Waals surface area contributed by atoms with Crippen LogP contribution in [0.5, 0.6) is 0 Å². The zero-order valence-corrected chi connectivity index (χ0v) is 15.9. The molecule has 1 aliphatic heterocycles. The van der Waals surface area contributed by atoms with E-state index in [2.05, 4.69) is 23.8 Å². The first-order valence-corrected chi connectivity index (χ1v) is 9.07. The Kier molecular flexibility index (Phi) is 10.1. The summed E-state index contributed by atoms with van der Waals surface area (Å²) in [5.41, 5.74) is 6.28. The van der Waals surface area contributed by atoms with E-state index in [0.717, 1.165) is 32.5 Å². The summed E-state index contributed by atoms with van der Waals surface area (Å²) in [6.07, 6.45) is 6.63. The van der Waals surface area contributed by atoms with Crippen molar-refractivity contribution >= 4 is 11.9 Å². The quantitative estimate of drug-likeness (QED) is 0.443. The standard InChI is InChI=1S/C19H32FN3O2/c1-5-10-24-11-6-7-14(2)13-25-16(4)19(20)15(3)17-8-9-22-18(21)12-23-17/h9,12,14-15H,5-8,10-11,13,21H2,1-4H3/b19-16-/t14-,15?/m1/s1. The molecule has 142 valence electrons. The van der Waals surface area contributed by atoms with Crippen molar-refractivity contribution in [3.63, 3.8) is 0 Å². The van der Waals surface area contributed by atoms with Crippen LogP contribution in [0.2, 0.25) is 0 Å². The number of nitrogens with two attached hydrogens (primary N) is 1. The summed E-state index contributed by atoms with van der Waals surface area (Å²) in [4.78, 5) is 8.22. The Balaban J connectivity index is 2.45. The minimum absolute atomic E-state index is 0.292. The lowest BCUT2D eigenvalue weighted by atomic mass is 10.0. The molecule has 0 aromatic carbocycles. The summed E-state index contributed by atoms with van der Waals surface area (Å²) >= 11 is 0. The lowest BCUT2D eigenvalue weighted by Gasteiger charge is -2.17. The van der Waals surface area contributed by atoms with Gasteiger partial charge in [0.2, 0.25) is 0 Å². The average Bonchev–Trinajstić information content (AvgIpc) is 2.82. The van der Waals surface area contributed by atoms with Crippen molar-refractivity contribution in [1.29, 1.82) is 0 Å². The van der Waals surface area contributed by atoms with Crippen molar-refractivity contribution < 1.29 is 13.9 Å². The second-order valence-corrected chi connectivity index (χ2v) is 6.49. The van der Waals surface area contributed by atoms with Gasteiger partial charge in [-0.05, 0) is 32.1 Å². The zero-order valence-electron chi connectivity index (χ0n) is 15.9. The minimum Gasteiger partial charge on any atom is -0.495 e. The van der Waals surface area contributed by atoms with E-state index >= 15 is 0 Å². The molecule has 6 heteroatoms. The van der Waals surface area contributed by atoms with Gasteiger partial charge >= 0.3 is 0 Å². The SMILES string of the molecule is CCCOCCC[C@@H](C)CO/C(C)=C(\F)C(C)C1=NC=C(N)N=CC1. The number of halogens is 1. The van der Waals surface area contributed by atoms with Crippen molar-refractivity contribution in [3.05, 3.63) is 23.6 Å². The monoisotopic (exact) mass is 353 g/mol. The average molecular weight is 353 g/mol. The number of ether oxygens (including phenoxy) is 2. The van der Waals surface area contributed by atoms with Crippen LogP contribution in [-0.4, -0.2) is 31.7 Å². The van der Waals surface area contributed by atoms with Gasteiger partial charge in [0.25, 0.3) is 0 Å². The maximum Gasteiger partial charge on any atom is 0.146 e. The Morgan fingerprint density at radius 1 is 1.36 bits per heavy atom. The second kappa shape index (κ2) is 11.8. The van der Waals surface area contributed by atoms with E-state index in [-0.39, 0.29) is 5.83 Å². The Hall–Kier alpha value is -1.69. The highest BCUT2D eigenvalue weighted by Crippen LogP contribution is 2.22. The molecule has 0 aliphatic carbocycles. The van der Waals surface area contributed by atoms with Gasteiger partial charge in [0.05, 0.1) is 18.7 Å². The summed E-state index contributed by atoms with van der Waals surface area (Å²) in [6.45, 7) is 9.73. The molecule has 0 spiro atoms. The highest BCUT2D eigenvalue weighted by Gasteiger charge is 2.19. The van der Waals surface area contributed by atoms with E-state index < -0.39 is 5.92 Å². The molecule has 1 aliphatic rings. The Labute approximate surface area is 150 Å². The van der Waals surface area contributed by atoms with E-state index in [0.29, 0.717) is 36.2 Å². The third-order valence-electron chi connectivity index (χ3n) is 4.04. The molecule has 0 bridgehead atoms. The summed E-state index contributed by atoms with van der Waals surface area (Å²) in [6, 6.07) is 0. The molecule has 0 radical (unpaired) electrons. The second-order valence-electron chi connectivity index (χ2n) is 6.49. The molecule has 0 aromatic rings. The first kappa shape index (κ1) is 21.4. The van der Waals surface area contributed by atoms with Crippen LogP contribution < -0.4 is 5.73 Å². The molecule has 1 heterocycles. The van der Waals surface area contributed by atoms with Crippen LogP contribution in [0.15, 0.2) is 33.6 Å². The van der Waals surface area contributed by atoms with Gasteiger partial charge in [0, 0.05) is 31.6 Å². The van der Waals surface area contributed by atoms with Crippen LogP contribution in [0.4, 0.5) is 4.39 Å². The van der Waals surface area contributed by atoms with Crippen LogP contribution in [0.25, 0.3) is 0 Å². The molecule has 0 amide bonds.